The summed E-state index contributed by atoms with van der Waals surface area (Å²) in [6, 6.07) is 8.71. The summed E-state index contributed by atoms with van der Waals surface area (Å²) in [6.45, 7) is 0.157. The predicted molar refractivity (Wildman–Crippen MR) is 84.5 cm³/mol. The fraction of sp³-hybridized carbons (Fsp3) is 0.0667. The van der Waals surface area contributed by atoms with Crippen molar-refractivity contribution in [2.45, 2.75) is 0 Å². The van der Waals surface area contributed by atoms with Crippen LogP contribution in [-0.4, -0.2) is 17.2 Å². The highest BCUT2D eigenvalue weighted by Gasteiger charge is 2.22. The fourth-order valence-corrected chi connectivity index (χ4v) is 2.53. The summed E-state index contributed by atoms with van der Waals surface area (Å²) >= 11 is 11.1. The van der Waals surface area contributed by atoms with E-state index < -0.39 is 11.6 Å². The Bertz CT molecular complexity index is 754. The number of rotatable bonds is 1. The second-order valence-corrected chi connectivity index (χ2v) is 5.43. The topological polar surface area (TPSA) is 24.4 Å². The van der Waals surface area contributed by atoms with Gasteiger partial charge >= 0.3 is 0 Å². The van der Waals surface area contributed by atoms with Crippen LogP contribution in [0.2, 0.25) is 5.02 Å². The molecule has 2 aromatic rings. The van der Waals surface area contributed by atoms with Gasteiger partial charge in [-0.25, -0.2) is 8.78 Å². The highest BCUT2D eigenvalue weighted by Crippen LogP contribution is 2.28. The maximum Gasteiger partial charge on any atom is 0.135 e. The Balaban J connectivity index is 2.28. The number of hydrogen-bond donors (Lipinski definition) is 1. The quantitative estimate of drug-likeness (QED) is 0.795. The molecule has 1 aliphatic heterocycles. The zero-order valence-corrected chi connectivity index (χ0v) is 12.2. The molecule has 1 N–H and O–H groups in total. The van der Waals surface area contributed by atoms with Gasteiger partial charge in [-0.3, -0.25) is 4.99 Å². The molecule has 0 bridgehead atoms. The van der Waals surface area contributed by atoms with Crippen LogP contribution in [-0.2, 0) is 0 Å². The lowest BCUT2D eigenvalue weighted by Crippen LogP contribution is -2.11. The number of halogens is 3. The SMILES string of the molecule is Fc1cccc(F)c1C1=NCC(=S)Nc2ccc(Cl)cc21. The third-order valence-corrected chi connectivity index (χ3v) is 3.56. The van der Waals surface area contributed by atoms with Gasteiger partial charge in [0.15, 0.2) is 0 Å². The maximum absolute atomic E-state index is 14.1. The van der Waals surface area contributed by atoms with Crippen molar-refractivity contribution in [1.82, 2.24) is 0 Å². The van der Waals surface area contributed by atoms with E-state index >= 15 is 0 Å². The number of anilines is 1. The number of nitrogens with zero attached hydrogens (tertiary/aromatic N) is 1. The molecule has 6 heteroatoms. The fourth-order valence-electron chi connectivity index (χ4n) is 2.18. The molecule has 2 aromatic carbocycles. The molecule has 0 aliphatic carbocycles. The number of benzodiazepines with no additional fused rings is 1. The summed E-state index contributed by atoms with van der Waals surface area (Å²) in [4.78, 5) is 4.73. The largest absolute Gasteiger partial charge is 0.348 e. The monoisotopic (exact) mass is 322 g/mol. The van der Waals surface area contributed by atoms with Crippen molar-refractivity contribution in [2.24, 2.45) is 4.99 Å². The van der Waals surface area contributed by atoms with Crippen LogP contribution >= 0.6 is 23.8 Å². The average Bonchev–Trinajstić information content (AvgIpc) is 2.58. The van der Waals surface area contributed by atoms with Gasteiger partial charge in [-0.2, -0.15) is 0 Å². The van der Waals surface area contributed by atoms with Crippen molar-refractivity contribution in [2.75, 3.05) is 11.9 Å². The molecule has 0 aromatic heterocycles. The van der Waals surface area contributed by atoms with Crippen LogP contribution in [0.5, 0.6) is 0 Å². The third-order valence-electron chi connectivity index (χ3n) is 3.09. The molecule has 0 radical (unpaired) electrons. The first-order chi connectivity index (χ1) is 10.1. The molecular formula is C15H9ClF2N2S. The number of fused-ring (bicyclic) bond motifs is 1. The Labute approximate surface area is 130 Å². The van der Waals surface area contributed by atoms with Crippen molar-refractivity contribution in [3.8, 4) is 0 Å². The normalized spacial score (nSPS) is 14.0. The van der Waals surface area contributed by atoms with Crippen molar-refractivity contribution in [3.63, 3.8) is 0 Å². The third kappa shape index (κ3) is 2.66. The van der Waals surface area contributed by atoms with Crippen molar-refractivity contribution >= 4 is 40.2 Å². The Hall–Kier alpha value is -1.85. The first kappa shape index (κ1) is 14.1. The van der Waals surface area contributed by atoms with Gasteiger partial charge in [-0.15, -0.1) is 0 Å². The summed E-state index contributed by atoms with van der Waals surface area (Å²) in [5.74, 6) is -1.35. The van der Waals surface area contributed by atoms with E-state index in [0.29, 0.717) is 21.3 Å². The van der Waals surface area contributed by atoms with Crippen LogP contribution in [0.15, 0.2) is 41.4 Å². The number of thiocarbonyl (C=S) groups is 1. The molecule has 0 fully saturated rings. The minimum atomic E-state index is -0.674. The summed E-state index contributed by atoms with van der Waals surface area (Å²) in [5.41, 5.74) is 1.18. The molecule has 2 nitrogen and oxygen atoms in total. The molecule has 3 rings (SSSR count). The minimum absolute atomic E-state index is 0.157. The highest BCUT2D eigenvalue weighted by atomic mass is 35.5. The number of hydrogen-bond acceptors (Lipinski definition) is 2. The summed E-state index contributed by atoms with van der Waals surface area (Å²) < 4.78 is 28.1. The van der Waals surface area contributed by atoms with Crippen LogP contribution in [0.1, 0.15) is 11.1 Å². The predicted octanol–water partition coefficient (Wildman–Crippen LogP) is 4.21. The van der Waals surface area contributed by atoms with Gasteiger partial charge in [0.1, 0.15) is 16.6 Å². The first-order valence-electron chi connectivity index (χ1n) is 6.15. The van der Waals surface area contributed by atoms with E-state index in [-0.39, 0.29) is 17.8 Å². The lowest BCUT2D eigenvalue weighted by molar-refractivity contribution is 0.579. The molecule has 0 amide bonds. The molecule has 1 aliphatic rings. The Morgan fingerprint density at radius 3 is 2.57 bits per heavy atom. The molecular weight excluding hydrogens is 314 g/mol. The number of nitrogens with one attached hydrogen (secondary N) is 1. The van der Waals surface area contributed by atoms with Crippen LogP contribution in [0, 0.1) is 11.6 Å². The Kier molecular flexibility index (Phi) is 3.69. The number of aliphatic imine (C=N–C) groups is 1. The van der Waals surface area contributed by atoms with E-state index in [1.165, 1.54) is 18.2 Å². The van der Waals surface area contributed by atoms with Crippen LogP contribution in [0.25, 0.3) is 0 Å². The minimum Gasteiger partial charge on any atom is -0.348 e. The second kappa shape index (κ2) is 5.50. The lowest BCUT2D eigenvalue weighted by atomic mass is 9.99. The maximum atomic E-state index is 14.1. The van der Waals surface area contributed by atoms with Crippen molar-refractivity contribution in [1.29, 1.82) is 0 Å². The van der Waals surface area contributed by atoms with Crippen molar-refractivity contribution < 1.29 is 8.78 Å². The van der Waals surface area contributed by atoms with E-state index in [4.69, 9.17) is 23.8 Å². The van der Waals surface area contributed by atoms with E-state index in [1.54, 1.807) is 18.2 Å². The van der Waals surface area contributed by atoms with Gasteiger partial charge in [0.25, 0.3) is 0 Å². The van der Waals surface area contributed by atoms with Gasteiger partial charge < -0.3 is 5.32 Å². The average molecular weight is 323 g/mol. The Morgan fingerprint density at radius 2 is 1.86 bits per heavy atom. The molecule has 0 saturated heterocycles. The lowest BCUT2D eigenvalue weighted by Gasteiger charge is -2.12. The van der Waals surface area contributed by atoms with Gasteiger partial charge in [0, 0.05) is 16.3 Å². The summed E-state index contributed by atoms with van der Waals surface area (Å²) in [7, 11) is 0. The van der Waals surface area contributed by atoms with Crippen LogP contribution in [0.4, 0.5) is 14.5 Å². The zero-order valence-electron chi connectivity index (χ0n) is 10.7. The second-order valence-electron chi connectivity index (χ2n) is 4.50. The molecule has 106 valence electrons. The van der Waals surface area contributed by atoms with Gasteiger partial charge in [0.2, 0.25) is 0 Å². The first-order valence-corrected chi connectivity index (χ1v) is 6.93. The standard InChI is InChI=1S/C15H9ClF2N2S/c16-8-4-5-12-9(6-8)15(19-7-13(21)20-12)14-10(17)2-1-3-11(14)18/h1-6H,7H2,(H,20,21). The van der Waals surface area contributed by atoms with E-state index in [0.717, 1.165) is 0 Å². The smallest absolute Gasteiger partial charge is 0.135 e. The molecule has 0 atom stereocenters. The van der Waals surface area contributed by atoms with E-state index in [1.807, 2.05) is 0 Å². The molecule has 0 spiro atoms. The van der Waals surface area contributed by atoms with E-state index in [2.05, 4.69) is 10.3 Å². The Morgan fingerprint density at radius 1 is 1.14 bits per heavy atom. The molecule has 0 saturated carbocycles. The highest BCUT2D eigenvalue weighted by molar-refractivity contribution is 7.80. The van der Waals surface area contributed by atoms with Gasteiger partial charge in [0.05, 0.1) is 17.8 Å². The van der Waals surface area contributed by atoms with Gasteiger partial charge in [-0.05, 0) is 30.3 Å². The summed E-state index contributed by atoms with van der Waals surface area (Å²) in [6.07, 6.45) is 0. The zero-order chi connectivity index (χ0) is 15.0. The van der Waals surface area contributed by atoms with Crippen LogP contribution in [0.3, 0.4) is 0 Å². The van der Waals surface area contributed by atoms with Crippen molar-refractivity contribution in [3.05, 3.63) is 64.2 Å². The van der Waals surface area contributed by atoms with E-state index in [9.17, 15) is 8.78 Å². The molecule has 1 heterocycles. The summed E-state index contributed by atoms with van der Waals surface area (Å²) in [5, 5.41) is 3.45. The molecule has 0 unspecified atom stereocenters. The van der Waals surface area contributed by atoms with Gasteiger partial charge in [-0.1, -0.05) is 29.9 Å². The molecule has 21 heavy (non-hydrogen) atoms. The van der Waals surface area contributed by atoms with Crippen LogP contribution < -0.4 is 5.32 Å². The number of benzene rings is 2.